The molecule has 146 valence electrons. The molecule has 0 unspecified atom stereocenters. The van der Waals surface area contributed by atoms with Crippen LogP contribution in [0.25, 0.3) is 27.6 Å². The van der Waals surface area contributed by atoms with Gasteiger partial charge < -0.3 is 8.83 Å². The minimum atomic E-state index is 0.550. The van der Waals surface area contributed by atoms with E-state index in [0.29, 0.717) is 11.9 Å². The van der Waals surface area contributed by atoms with Gasteiger partial charge in [0.15, 0.2) is 0 Å². The van der Waals surface area contributed by atoms with Gasteiger partial charge in [-0.25, -0.2) is 24.9 Å². The zero-order valence-electron chi connectivity index (χ0n) is 16.1. The third kappa shape index (κ3) is 2.47. The Bertz CT molecular complexity index is 1520. The summed E-state index contributed by atoms with van der Waals surface area (Å²) in [6.07, 6.45) is 8.94. The smallest absolute Gasteiger partial charge is 0.239 e. The number of fused-ring (bicyclic) bond motifs is 2. The lowest BCUT2D eigenvalue weighted by Gasteiger charge is -2.31. The monoisotopic (exact) mass is 403 g/mol. The van der Waals surface area contributed by atoms with E-state index in [0.717, 1.165) is 50.2 Å². The number of guanidine groups is 2. The van der Waals surface area contributed by atoms with Crippen molar-refractivity contribution in [3.63, 3.8) is 0 Å². The fourth-order valence-corrected chi connectivity index (χ4v) is 4.00. The topological polar surface area (TPSA) is 79.0 Å². The zero-order chi connectivity index (χ0) is 20.4. The second-order valence-corrected chi connectivity index (χ2v) is 7.36. The van der Waals surface area contributed by atoms with Crippen molar-refractivity contribution in [2.75, 3.05) is 0 Å². The summed E-state index contributed by atoms with van der Waals surface area (Å²) in [5.41, 5.74) is 6.24. The molecule has 7 heteroatoms. The van der Waals surface area contributed by atoms with E-state index < -0.39 is 0 Å². The van der Waals surface area contributed by atoms with E-state index in [2.05, 4.69) is 22.1 Å². The third-order valence-electron chi connectivity index (χ3n) is 5.51. The average Bonchev–Trinajstić information content (AvgIpc) is 3.47. The molecule has 0 atom stereocenters. The quantitative estimate of drug-likeness (QED) is 0.474. The highest BCUT2D eigenvalue weighted by Gasteiger charge is 2.30. The first kappa shape index (κ1) is 16.3. The van der Waals surface area contributed by atoms with Gasteiger partial charge in [-0.2, -0.15) is 0 Å². The van der Waals surface area contributed by atoms with E-state index in [1.165, 1.54) is 6.34 Å². The van der Waals surface area contributed by atoms with Gasteiger partial charge >= 0.3 is 0 Å². The molecule has 0 saturated heterocycles. The molecule has 3 aliphatic heterocycles. The zero-order valence-corrected chi connectivity index (χ0v) is 16.1. The molecule has 4 aromatic rings. The van der Waals surface area contributed by atoms with Crippen LogP contribution in [-0.2, 0) is 0 Å². The minimum absolute atomic E-state index is 0.550. The maximum absolute atomic E-state index is 5.46. The number of rotatable bonds is 2. The first-order chi connectivity index (χ1) is 15.3. The molecule has 2 aromatic carbocycles. The van der Waals surface area contributed by atoms with Gasteiger partial charge in [0.2, 0.25) is 11.9 Å². The van der Waals surface area contributed by atoms with Gasteiger partial charge in [-0.3, -0.25) is 0 Å². The normalized spacial score (nSPS) is 17.2. The summed E-state index contributed by atoms with van der Waals surface area (Å²) >= 11 is 0. The molecule has 0 fully saturated rings. The Morgan fingerprint density at radius 1 is 0.710 bits per heavy atom. The lowest BCUT2D eigenvalue weighted by atomic mass is 10.0. The Morgan fingerprint density at radius 2 is 1.45 bits per heavy atom. The second-order valence-electron chi connectivity index (χ2n) is 7.36. The van der Waals surface area contributed by atoms with Crippen LogP contribution in [0.1, 0.15) is 11.1 Å². The predicted molar refractivity (Wildman–Crippen MR) is 120 cm³/mol. The summed E-state index contributed by atoms with van der Waals surface area (Å²) in [6.45, 7) is 0. The molecule has 0 bridgehead atoms. The summed E-state index contributed by atoms with van der Waals surface area (Å²) in [5, 5.41) is 2.06. The maximum atomic E-state index is 5.46. The average molecular weight is 403 g/mol. The van der Waals surface area contributed by atoms with Gasteiger partial charge in [-0.15, -0.1) is 0 Å². The van der Waals surface area contributed by atoms with Crippen LogP contribution >= 0.6 is 0 Å². The van der Waals surface area contributed by atoms with E-state index in [9.17, 15) is 0 Å². The summed E-state index contributed by atoms with van der Waals surface area (Å²) in [4.78, 5) is 20.1. The molecule has 0 spiro atoms. The van der Waals surface area contributed by atoms with Gasteiger partial charge in [-0.1, -0.05) is 0 Å². The lowest BCUT2D eigenvalue weighted by Crippen LogP contribution is -2.40. The Labute approximate surface area is 175 Å². The van der Waals surface area contributed by atoms with Gasteiger partial charge in [0.1, 0.15) is 17.5 Å². The molecule has 2 aromatic heterocycles. The van der Waals surface area contributed by atoms with E-state index in [1.807, 2.05) is 53.5 Å². The number of allylic oxidation sites excluding steroid dienone is 2. The molecular formula is C24H13N5O2. The number of nitrogens with zero attached hydrogens (tertiary/aromatic N) is 5. The molecule has 7 rings (SSSR count). The summed E-state index contributed by atoms with van der Waals surface area (Å²) in [6, 6.07) is 15.9. The van der Waals surface area contributed by atoms with Crippen LogP contribution in [0.15, 0.2) is 108 Å². The van der Waals surface area contributed by atoms with Crippen molar-refractivity contribution in [1.82, 2.24) is 4.90 Å². The maximum Gasteiger partial charge on any atom is 0.239 e. The lowest BCUT2D eigenvalue weighted by molar-refractivity contribution is 0.615. The van der Waals surface area contributed by atoms with Crippen LogP contribution < -0.4 is 0 Å². The van der Waals surface area contributed by atoms with Crippen LogP contribution in [-0.4, -0.2) is 28.9 Å². The minimum Gasteiger partial charge on any atom is -0.464 e. The van der Waals surface area contributed by atoms with Crippen molar-refractivity contribution in [1.29, 1.82) is 0 Å². The van der Waals surface area contributed by atoms with Crippen LogP contribution in [0.5, 0.6) is 0 Å². The molecule has 31 heavy (non-hydrogen) atoms. The molecule has 0 radical (unpaired) electrons. The Balaban J connectivity index is 1.38. The van der Waals surface area contributed by atoms with Crippen LogP contribution in [0, 0.1) is 0 Å². The van der Waals surface area contributed by atoms with Gasteiger partial charge in [0.05, 0.1) is 29.6 Å². The van der Waals surface area contributed by atoms with Gasteiger partial charge in [0.25, 0.3) is 0 Å². The summed E-state index contributed by atoms with van der Waals surface area (Å²) in [5.74, 6) is 1.10. The van der Waals surface area contributed by atoms with Crippen LogP contribution in [0.2, 0.25) is 0 Å². The predicted octanol–water partition coefficient (Wildman–Crippen LogP) is 4.98. The highest BCUT2D eigenvalue weighted by atomic mass is 16.3. The van der Waals surface area contributed by atoms with E-state index >= 15 is 0 Å². The third-order valence-corrected chi connectivity index (χ3v) is 5.51. The van der Waals surface area contributed by atoms with Crippen molar-refractivity contribution in [2.45, 2.75) is 0 Å². The standard InChI is InChI=1S/C24H13N5O2/c1-3-21-16(5-7-30-21)9-14(1)19-11-18-12-20(15-2-4-22-17(10-15)6-8-31-22)28-24-26-13-25-23(27-19)29(18)24/h1-13H. The fourth-order valence-electron chi connectivity index (χ4n) is 4.00. The first-order valence-corrected chi connectivity index (χ1v) is 9.78. The van der Waals surface area contributed by atoms with E-state index in [4.69, 9.17) is 18.8 Å². The van der Waals surface area contributed by atoms with Crippen molar-refractivity contribution in [3.05, 3.63) is 90.0 Å². The summed E-state index contributed by atoms with van der Waals surface area (Å²) in [7, 11) is 0. The highest BCUT2D eigenvalue weighted by molar-refractivity contribution is 6.23. The summed E-state index contributed by atoms with van der Waals surface area (Å²) < 4.78 is 10.9. The number of hydrogen-bond donors (Lipinski definition) is 0. The number of hydrogen-bond acceptors (Lipinski definition) is 7. The van der Waals surface area contributed by atoms with Crippen LogP contribution in [0.3, 0.4) is 0 Å². The molecule has 0 saturated carbocycles. The van der Waals surface area contributed by atoms with Crippen molar-refractivity contribution < 1.29 is 8.83 Å². The molecule has 3 aliphatic rings. The number of benzene rings is 2. The van der Waals surface area contributed by atoms with Crippen molar-refractivity contribution in [2.24, 2.45) is 20.0 Å². The molecule has 0 N–H and O–H groups in total. The molecule has 0 aliphatic carbocycles. The SMILES string of the molecule is C1=NC2=NC(c3ccc4occc4c3)=CC3=CC(c4ccc5occc5c4)=NC(=N1)N32. The number of aliphatic imine (C=N–C) groups is 4. The molecule has 0 amide bonds. The fraction of sp³-hybridized carbons (Fsp3) is 0. The number of furan rings is 2. The Kier molecular flexibility index (Phi) is 3.15. The molecule has 5 heterocycles. The van der Waals surface area contributed by atoms with E-state index in [-0.39, 0.29) is 0 Å². The van der Waals surface area contributed by atoms with Gasteiger partial charge in [-0.05, 0) is 60.7 Å². The molecular weight excluding hydrogens is 390 g/mol. The first-order valence-electron chi connectivity index (χ1n) is 9.78. The highest BCUT2D eigenvalue weighted by Crippen LogP contribution is 2.32. The molecule has 7 nitrogen and oxygen atoms in total. The largest absolute Gasteiger partial charge is 0.464 e. The van der Waals surface area contributed by atoms with Crippen molar-refractivity contribution in [3.8, 4) is 0 Å². The second kappa shape index (κ2) is 5.99. The van der Waals surface area contributed by atoms with E-state index in [1.54, 1.807) is 12.5 Å². The van der Waals surface area contributed by atoms with Gasteiger partial charge in [0, 0.05) is 21.9 Å². The Hall–Kier alpha value is -4.52. The van der Waals surface area contributed by atoms with Crippen molar-refractivity contribution >= 4 is 51.6 Å². The van der Waals surface area contributed by atoms with Crippen LogP contribution in [0.4, 0.5) is 0 Å². The Morgan fingerprint density at radius 3 is 2.26 bits per heavy atom.